The van der Waals surface area contributed by atoms with E-state index in [1.54, 1.807) is 13.4 Å². The van der Waals surface area contributed by atoms with Gasteiger partial charge in [0.05, 0.1) is 12.6 Å². The fourth-order valence-electron chi connectivity index (χ4n) is 3.89. The van der Waals surface area contributed by atoms with Crippen molar-refractivity contribution < 1.29 is 14.3 Å². The number of carbonyl (C=O) groups excluding carboxylic acids is 1. The number of piperidine rings is 1. The topological polar surface area (TPSA) is 79.8 Å². The average molecular weight is 448 g/mol. The fourth-order valence-corrected chi connectivity index (χ4v) is 3.89. The molecule has 1 N–H and O–H groups in total. The number of nitrogens with one attached hydrogen (secondary N) is 1. The van der Waals surface area contributed by atoms with E-state index in [4.69, 9.17) is 9.47 Å². The molecule has 2 heterocycles. The molecule has 1 fully saturated rings. The molecule has 0 bridgehead atoms. The third kappa shape index (κ3) is 5.34. The van der Waals surface area contributed by atoms with Crippen LogP contribution in [-0.2, 0) is 4.79 Å². The number of anilines is 3. The third-order valence-electron chi connectivity index (χ3n) is 5.69. The Morgan fingerprint density at radius 1 is 1.12 bits per heavy atom. The molecule has 8 nitrogen and oxygen atoms in total. The first-order valence-corrected chi connectivity index (χ1v) is 11.0. The van der Waals surface area contributed by atoms with E-state index in [-0.39, 0.29) is 6.10 Å². The Kier molecular flexibility index (Phi) is 6.92. The predicted octanol–water partition coefficient (Wildman–Crippen LogP) is 4.00. The van der Waals surface area contributed by atoms with Gasteiger partial charge >= 0.3 is 0 Å². The Balaban J connectivity index is 1.58. The first-order valence-electron chi connectivity index (χ1n) is 11.0. The molecule has 0 saturated carbocycles. The second kappa shape index (κ2) is 10.2. The number of rotatable bonds is 8. The van der Waals surface area contributed by atoms with E-state index in [0.717, 1.165) is 54.5 Å². The van der Waals surface area contributed by atoms with Crippen molar-refractivity contribution >= 4 is 34.4 Å². The van der Waals surface area contributed by atoms with E-state index in [2.05, 4.69) is 37.2 Å². The van der Waals surface area contributed by atoms with E-state index < -0.39 is 0 Å². The van der Waals surface area contributed by atoms with Gasteiger partial charge in [0.1, 0.15) is 24.5 Å². The largest absolute Gasteiger partial charge is 0.493 e. The van der Waals surface area contributed by atoms with Crippen LogP contribution in [0.2, 0.25) is 0 Å². The molecule has 33 heavy (non-hydrogen) atoms. The molecule has 1 saturated heterocycles. The summed E-state index contributed by atoms with van der Waals surface area (Å²) in [4.78, 5) is 23.6. The average Bonchev–Trinajstić information content (AvgIpc) is 2.83. The van der Waals surface area contributed by atoms with Gasteiger partial charge in [-0.15, -0.1) is 0 Å². The van der Waals surface area contributed by atoms with Crippen LogP contribution in [0.5, 0.6) is 11.5 Å². The fraction of sp³-hybridized carbons (Fsp3) is 0.320. The molecule has 4 rings (SSSR count). The van der Waals surface area contributed by atoms with E-state index in [9.17, 15) is 4.79 Å². The summed E-state index contributed by atoms with van der Waals surface area (Å²) in [6.07, 6.45) is 7.48. The van der Waals surface area contributed by atoms with Gasteiger partial charge < -0.3 is 24.6 Å². The summed E-state index contributed by atoms with van der Waals surface area (Å²) in [6.45, 7) is 1.67. The van der Waals surface area contributed by atoms with Crippen LogP contribution < -0.4 is 19.7 Å². The van der Waals surface area contributed by atoms with Gasteiger partial charge in [-0.3, -0.25) is 4.79 Å². The normalized spacial score (nSPS) is 14.5. The number of aldehydes is 1. The van der Waals surface area contributed by atoms with E-state index in [1.165, 1.54) is 6.08 Å². The molecule has 2 aromatic carbocycles. The maximum absolute atomic E-state index is 10.6. The lowest BCUT2D eigenvalue weighted by Gasteiger charge is -2.31. The molecule has 1 aromatic heterocycles. The first-order chi connectivity index (χ1) is 16.1. The molecule has 0 atom stereocenters. The lowest BCUT2D eigenvalue weighted by Crippen LogP contribution is -2.35. The highest BCUT2D eigenvalue weighted by Gasteiger charge is 2.21. The minimum absolute atomic E-state index is 0.0649. The SMILES string of the molecule is COc1cc2ncnc(Nc3cccc(N(C)C)c3)c2cc1OC1CCN(C=CC=O)CC1. The van der Waals surface area contributed by atoms with Crippen LogP contribution in [0.15, 0.2) is 55.0 Å². The van der Waals surface area contributed by atoms with E-state index >= 15 is 0 Å². The number of aromatic nitrogens is 2. The molecule has 8 heteroatoms. The molecule has 0 aliphatic carbocycles. The van der Waals surface area contributed by atoms with Gasteiger partial charge in [0, 0.05) is 69.1 Å². The van der Waals surface area contributed by atoms with Crippen molar-refractivity contribution in [3.63, 3.8) is 0 Å². The monoisotopic (exact) mass is 447 g/mol. The minimum atomic E-state index is 0.0649. The summed E-state index contributed by atoms with van der Waals surface area (Å²) in [5.41, 5.74) is 2.81. The van der Waals surface area contributed by atoms with Crippen molar-refractivity contribution in [2.45, 2.75) is 18.9 Å². The summed E-state index contributed by atoms with van der Waals surface area (Å²) in [6, 6.07) is 12.0. The van der Waals surface area contributed by atoms with Crippen LogP contribution in [0.4, 0.5) is 17.2 Å². The van der Waals surface area contributed by atoms with Gasteiger partial charge in [-0.1, -0.05) is 6.07 Å². The first kappa shape index (κ1) is 22.4. The second-order valence-corrected chi connectivity index (χ2v) is 8.14. The Labute approximate surface area is 193 Å². The molecule has 3 aromatic rings. The van der Waals surface area contributed by atoms with Gasteiger partial charge in [-0.05, 0) is 30.3 Å². The molecule has 0 spiro atoms. The summed E-state index contributed by atoms with van der Waals surface area (Å²) < 4.78 is 12.0. The van der Waals surface area contributed by atoms with Crippen molar-refractivity contribution in [3.05, 3.63) is 55.0 Å². The third-order valence-corrected chi connectivity index (χ3v) is 5.69. The Morgan fingerprint density at radius 3 is 2.67 bits per heavy atom. The number of fused-ring (bicyclic) bond motifs is 1. The molecule has 0 amide bonds. The number of nitrogens with zero attached hydrogens (tertiary/aromatic N) is 4. The Morgan fingerprint density at radius 2 is 1.94 bits per heavy atom. The second-order valence-electron chi connectivity index (χ2n) is 8.14. The Hall–Kier alpha value is -3.81. The maximum atomic E-state index is 10.6. The molecule has 0 radical (unpaired) electrons. The highest BCUT2D eigenvalue weighted by molar-refractivity contribution is 5.93. The van der Waals surface area contributed by atoms with Crippen molar-refractivity contribution in [2.75, 3.05) is 44.5 Å². The Bertz CT molecular complexity index is 1140. The van der Waals surface area contributed by atoms with Crippen molar-refractivity contribution in [1.29, 1.82) is 0 Å². The van der Waals surface area contributed by atoms with Gasteiger partial charge in [0.15, 0.2) is 11.5 Å². The number of allylic oxidation sites excluding steroid dienone is 1. The number of ether oxygens (including phenoxy) is 2. The van der Waals surface area contributed by atoms with Gasteiger partial charge in [0.25, 0.3) is 0 Å². The minimum Gasteiger partial charge on any atom is -0.493 e. The van der Waals surface area contributed by atoms with Gasteiger partial charge in [0.2, 0.25) is 0 Å². The van der Waals surface area contributed by atoms with Crippen LogP contribution in [-0.4, -0.2) is 61.6 Å². The molecular weight excluding hydrogens is 418 g/mol. The van der Waals surface area contributed by atoms with Crippen LogP contribution in [0.25, 0.3) is 10.9 Å². The number of carbonyl (C=O) groups is 1. The van der Waals surface area contributed by atoms with Crippen molar-refractivity contribution in [1.82, 2.24) is 14.9 Å². The summed E-state index contributed by atoms with van der Waals surface area (Å²) in [7, 11) is 5.66. The van der Waals surface area contributed by atoms with Crippen LogP contribution in [0, 0.1) is 0 Å². The zero-order valence-electron chi connectivity index (χ0n) is 19.2. The van der Waals surface area contributed by atoms with Crippen LogP contribution >= 0.6 is 0 Å². The van der Waals surface area contributed by atoms with Crippen molar-refractivity contribution in [3.8, 4) is 11.5 Å². The number of methoxy groups -OCH3 is 1. The summed E-state index contributed by atoms with van der Waals surface area (Å²) in [5.74, 6) is 2.02. The zero-order valence-corrected chi connectivity index (χ0v) is 19.2. The molecule has 172 valence electrons. The predicted molar refractivity (Wildman–Crippen MR) is 131 cm³/mol. The molecule has 1 aliphatic rings. The van der Waals surface area contributed by atoms with Gasteiger partial charge in [-0.2, -0.15) is 0 Å². The number of hydrogen-bond donors (Lipinski definition) is 1. The maximum Gasteiger partial charge on any atom is 0.162 e. The van der Waals surface area contributed by atoms with E-state index in [1.807, 2.05) is 44.6 Å². The molecular formula is C25H29N5O3. The highest BCUT2D eigenvalue weighted by Crippen LogP contribution is 2.36. The van der Waals surface area contributed by atoms with E-state index in [0.29, 0.717) is 17.3 Å². The van der Waals surface area contributed by atoms with Crippen molar-refractivity contribution in [2.24, 2.45) is 0 Å². The van der Waals surface area contributed by atoms with Crippen LogP contribution in [0.1, 0.15) is 12.8 Å². The van der Waals surface area contributed by atoms with Gasteiger partial charge in [-0.25, -0.2) is 9.97 Å². The number of hydrogen-bond acceptors (Lipinski definition) is 8. The lowest BCUT2D eigenvalue weighted by atomic mass is 10.1. The summed E-state index contributed by atoms with van der Waals surface area (Å²) in [5, 5.41) is 4.28. The smallest absolute Gasteiger partial charge is 0.162 e. The van der Waals surface area contributed by atoms with Crippen LogP contribution in [0.3, 0.4) is 0 Å². The number of likely N-dealkylation sites (tertiary alicyclic amines) is 1. The lowest BCUT2D eigenvalue weighted by molar-refractivity contribution is -0.104. The zero-order chi connectivity index (χ0) is 23.2. The number of benzene rings is 2. The highest BCUT2D eigenvalue weighted by atomic mass is 16.5. The summed E-state index contributed by atoms with van der Waals surface area (Å²) >= 11 is 0. The quantitative estimate of drug-likeness (QED) is 0.410. The standard InChI is InChI=1S/C25H29N5O3/c1-29(2)19-7-4-6-18(14-19)28-25-21-15-24(23(32-3)16-22(21)26-17-27-25)33-20-8-11-30(12-9-20)10-5-13-31/h4-7,10,13-17,20H,8-9,11-12H2,1-3H3,(H,26,27,28). The molecule has 1 aliphatic heterocycles. The molecule has 0 unspecified atom stereocenters.